The molecule has 2 nitrogen and oxygen atoms in total. The van der Waals surface area contributed by atoms with Crippen LogP contribution < -0.4 is 0 Å². The van der Waals surface area contributed by atoms with E-state index in [4.69, 9.17) is 0 Å². The highest BCUT2D eigenvalue weighted by atomic mass is 15.0. The van der Waals surface area contributed by atoms with Gasteiger partial charge in [-0.2, -0.15) is 0 Å². The van der Waals surface area contributed by atoms with E-state index in [9.17, 15) is 0 Å². The van der Waals surface area contributed by atoms with Crippen LogP contribution in [0.4, 0.5) is 0 Å². The first-order chi connectivity index (χ1) is 23.3. The normalized spacial score (nSPS) is 11.9. The summed E-state index contributed by atoms with van der Waals surface area (Å²) in [6, 6.07) is 62.2. The Labute approximate surface area is 272 Å². The number of hydrogen-bond acceptors (Lipinski definition) is 0. The molecule has 2 aromatic heterocycles. The van der Waals surface area contributed by atoms with Gasteiger partial charge >= 0.3 is 0 Å². The molecule has 10 rings (SSSR count). The molecule has 0 aliphatic heterocycles. The molecule has 220 valence electrons. The molecule has 0 aliphatic rings. The first-order valence-electron chi connectivity index (χ1n) is 16.3. The summed E-state index contributed by atoms with van der Waals surface area (Å²) >= 11 is 0. The van der Waals surface area contributed by atoms with Crippen molar-refractivity contribution in [2.45, 2.75) is 6.42 Å². The van der Waals surface area contributed by atoms with Crippen molar-refractivity contribution in [2.75, 3.05) is 0 Å². The number of benzene rings is 8. The van der Waals surface area contributed by atoms with E-state index < -0.39 is 0 Å². The average molecular weight is 599 g/mol. The van der Waals surface area contributed by atoms with Crippen LogP contribution in [0, 0.1) is 0 Å². The smallest absolute Gasteiger partial charge is 0.0541 e. The van der Waals surface area contributed by atoms with E-state index in [2.05, 4.69) is 179 Å². The summed E-state index contributed by atoms with van der Waals surface area (Å²) in [7, 11) is 0. The largest absolute Gasteiger partial charge is 0.309 e. The van der Waals surface area contributed by atoms with Crippen LogP contribution in [0.2, 0.25) is 0 Å². The summed E-state index contributed by atoms with van der Waals surface area (Å²) in [5, 5.41) is 10.3. The number of para-hydroxylation sites is 4. The van der Waals surface area contributed by atoms with Crippen LogP contribution >= 0.6 is 0 Å². The van der Waals surface area contributed by atoms with Crippen molar-refractivity contribution in [3.05, 3.63) is 181 Å². The van der Waals surface area contributed by atoms with Gasteiger partial charge in [-0.15, -0.1) is 0 Å². The van der Waals surface area contributed by atoms with Crippen LogP contribution in [-0.2, 0) is 6.42 Å². The van der Waals surface area contributed by atoms with Gasteiger partial charge in [0.2, 0.25) is 0 Å². The minimum absolute atomic E-state index is 0.849. The minimum atomic E-state index is 0.849. The molecule has 0 amide bonds. The highest BCUT2D eigenvalue weighted by molar-refractivity contribution is 6.12. The Morgan fingerprint density at radius 3 is 0.872 bits per heavy atom. The van der Waals surface area contributed by atoms with E-state index in [1.165, 1.54) is 87.7 Å². The lowest BCUT2D eigenvalue weighted by atomic mass is 9.93. The third kappa shape index (κ3) is 3.85. The Morgan fingerprint density at radius 1 is 0.255 bits per heavy atom. The Kier molecular flexibility index (Phi) is 5.67. The van der Waals surface area contributed by atoms with Gasteiger partial charge in [-0.05, 0) is 64.7 Å². The van der Waals surface area contributed by atoms with E-state index in [1.807, 2.05) is 0 Å². The van der Waals surface area contributed by atoms with Gasteiger partial charge in [0.25, 0.3) is 0 Å². The van der Waals surface area contributed by atoms with Crippen molar-refractivity contribution in [1.82, 2.24) is 9.13 Å². The van der Waals surface area contributed by atoms with Crippen LogP contribution in [0.25, 0.3) is 76.5 Å². The van der Waals surface area contributed by atoms with Gasteiger partial charge in [0.1, 0.15) is 0 Å². The molecule has 0 atom stereocenters. The van der Waals surface area contributed by atoms with E-state index in [-0.39, 0.29) is 0 Å². The monoisotopic (exact) mass is 598 g/mol. The third-order valence-corrected chi connectivity index (χ3v) is 10.0. The van der Waals surface area contributed by atoms with Crippen molar-refractivity contribution in [3.8, 4) is 11.4 Å². The zero-order valence-electron chi connectivity index (χ0n) is 25.8. The molecular formula is C45H30N2. The second-order valence-corrected chi connectivity index (χ2v) is 12.5. The molecule has 2 heteroatoms. The van der Waals surface area contributed by atoms with Gasteiger partial charge in [0.05, 0.1) is 33.4 Å². The lowest BCUT2D eigenvalue weighted by molar-refractivity contribution is 1.17. The van der Waals surface area contributed by atoms with Crippen LogP contribution in [0.3, 0.4) is 0 Å². The first-order valence-corrected chi connectivity index (χ1v) is 16.3. The van der Waals surface area contributed by atoms with Gasteiger partial charge in [0.15, 0.2) is 0 Å². The number of aromatic nitrogens is 2. The predicted molar refractivity (Wildman–Crippen MR) is 199 cm³/mol. The number of fused-ring (bicyclic) bond motifs is 8. The molecule has 0 N–H and O–H groups in total. The lowest BCUT2D eigenvalue weighted by Gasteiger charge is -2.17. The fraction of sp³-hybridized carbons (Fsp3) is 0.0222. The van der Waals surface area contributed by atoms with Gasteiger partial charge in [-0.25, -0.2) is 0 Å². The van der Waals surface area contributed by atoms with Crippen LogP contribution in [0.1, 0.15) is 11.1 Å². The fourth-order valence-electron chi connectivity index (χ4n) is 7.96. The fourth-order valence-corrected chi connectivity index (χ4v) is 7.96. The molecule has 0 fully saturated rings. The van der Waals surface area contributed by atoms with Gasteiger partial charge < -0.3 is 9.13 Å². The molecule has 0 saturated carbocycles. The third-order valence-electron chi connectivity index (χ3n) is 10.0. The summed E-state index contributed by atoms with van der Waals surface area (Å²) in [5.74, 6) is 0. The molecule has 47 heavy (non-hydrogen) atoms. The van der Waals surface area contributed by atoms with E-state index in [0.717, 1.165) is 6.42 Å². The molecule has 0 spiro atoms. The Morgan fingerprint density at radius 2 is 0.532 bits per heavy atom. The molecule has 0 aliphatic carbocycles. The summed E-state index contributed by atoms with van der Waals surface area (Å²) in [5.41, 5.74) is 10.0. The standard InChI is InChI=1S/C45H30N2/c1-3-15-34-32(13-1)30(25-27-44(34)46-40-21-9-5-17-36(40)37-18-6-10-22-41(37)46)29-31-26-28-45(35-16-4-2-14-33(31)35)47-42-23-11-7-19-38(42)39-20-8-12-24-43(39)47/h1-28H,29H2. The molecule has 8 aromatic carbocycles. The van der Waals surface area contributed by atoms with Crippen LogP contribution in [0.15, 0.2) is 170 Å². The van der Waals surface area contributed by atoms with E-state index in [0.29, 0.717) is 0 Å². The molecular weight excluding hydrogens is 569 g/mol. The molecule has 0 unspecified atom stereocenters. The maximum Gasteiger partial charge on any atom is 0.0541 e. The van der Waals surface area contributed by atoms with Crippen molar-refractivity contribution < 1.29 is 0 Å². The van der Waals surface area contributed by atoms with Crippen molar-refractivity contribution >= 4 is 65.2 Å². The summed E-state index contributed by atoms with van der Waals surface area (Å²) in [6.07, 6.45) is 0.849. The van der Waals surface area contributed by atoms with Crippen molar-refractivity contribution in [3.63, 3.8) is 0 Å². The molecule has 0 radical (unpaired) electrons. The topological polar surface area (TPSA) is 9.86 Å². The Balaban J connectivity index is 1.15. The van der Waals surface area contributed by atoms with Gasteiger partial charge in [0, 0.05) is 32.3 Å². The Bertz CT molecular complexity index is 2530. The minimum Gasteiger partial charge on any atom is -0.309 e. The quantitative estimate of drug-likeness (QED) is 0.191. The Hall–Kier alpha value is -6.12. The second kappa shape index (κ2) is 10.2. The van der Waals surface area contributed by atoms with Crippen molar-refractivity contribution in [2.24, 2.45) is 0 Å². The second-order valence-electron chi connectivity index (χ2n) is 12.5. The van der Waals surface area contributed by atoms with Gasteiger partial charge in [-0.1, -0.05) is 133 Å². The zero-order chi connectivity index (χ0) is 30.9. The van der Waals surface area contributed by atoms with Gasteiger partial charge in [-0.3, -0.25) is 0 Å². The molecule has 2 heterocycles. The SMILES string of the molecule is c1ccc2c(-n3c4ccccc4c4ccccc43)ccc(Cc3ccc(-n4c5ccccc5c5ccccc54)c4ccccc34)c2c1. The lowest BCUT2D eigenvalue weighted by Crippen LogP contribution is -2.00. The molecule has 0 saturated heterocycles. The van der Waals surface area contributed by atoms with E-state index in [1.54, 1.807) is 0 Å². The number of nitrogens with zero attached hydrogens (tertiary/aromatic N) is 2. The number of hydrogen-bond donors (Lipinski definition) is 0. The highest BCUT2D eigenvalue weighted by Crippen LogP contribution is 2.38. The van der Waals surface area contributed by atoms with Crippen LogP contribution in [-0.4, -0.2) is 9.13 Å². The maximum absolute atomic E-state index is 2.44. The maximum atomic E-state index is 2.44. The predicted octanol–water partition coefficient (Wildman–Crippen LogP) is 11.8. The highest BCUT2D eigenvalue weighted by Gasteiger charge is 2.17. The molecule has 10 aromatic rings. The summed E-state index contributed by atoms with van der Waals surface area (Å²) in [6.45, 7) is 0. The summed E-state index contributed by atoms with van der Waals surface area (Å²) in [4.78, 5) is 0. The van der Waals surface area contributed by atoms with E-state index >= 15 is 0 Å². The van der Waals surface area contributed by atoms with Crippen LogP contribution in [0.5, 0.6) is 0 Å². The number of rotatable bonds is 4. The van der Waals surface area contributed by atoms with Crippen molar-refractivity contribution in [1.29, 1.82) is 0 Å². The summed E-state index contributed by atoms with van der Waals surface area (Å²) < 4.78 is 4.87. The average Bonchev–Trinajstić information content (AvgIpc) is 3.65. The first kappa shape index (κ1) is 26.1. The molecule has 0 bridgehead atoms. The zero-order valence-corrected chi connectivity index (χ0v) is 25.8.